The molecule has 0 fully saturated rings. The molecule has 0 aliphatic carbocycles. The normalized spacial score (nSPS) is 8.90. The van der Waals surface area contributed by atoms with Crippen LogP contribution in [0, 0.1) is 0 Å². The van der Waals surface area contributed by atoms with Gasteiger partial charge in [-0.1, -0.05) is 6.58 Å². The van der Waals surface area contributed by atoms with Gasteiger partial charge >= 0.3 is 0 Å². The predicted octanol–water partition coefficient (Wildman–Crippen LogP) is 1.06. The van der Waals surface area contributed by atoms with Crippen molar-refractivity contribution < 1.29 is 0 Å². The van der Waals surface area contributed by atoms with E-state index in [9.17, 15) is 0 Å². The molecule has 0 spiro atoms. The lowest BCUT2D eigenvalue weighted by Crippen LogP contribution is -2.08. The fourth-order valence-corrected chi connectivity index (χ4v) is 0.575. The molecule has 0 unspecified atom stereocenters. The third kappa shape index (κ3) is 1.31. The topological polar surface area (TPSA) is 29.0 Å². The molecule has 1 aromatic heterocycles. The molecular weight excluding hydrogens is 126 g/mol. The minimum atomic E-state index is 0.803. The summed E-state index contributed by atoms with van der Waals surface area (Å²) in [6, 6.07) is 3.71. The predicted molar refractivity (Wildman–Crippen MR) is 40.6 cm³/mol. The molecule has 0 atom stereocenters. The van der Waals surface area contributed by atoms with E-state index >= 15 is 0 Å². The van der Waals surface area contributed by atoms with E-state index in [1.54, 1.807) is 17.3 Å². The summed E-state index contributed by atoms with van der Waals surface area (Å²) in [4.78, 5) is 1.80. The molecule has 1 aromatic rings. The van der Waals surface area contributed by atoms with E-state index in [0.29, 0.717) is 0 Å². The highest BCUT2D eigenvalue weighted by Crippen LogP contribution is 2.03. The maximum atomic E-state index is 3.85. The van der Waals surface area contributed by atoms with E-state index < -0.39 is 0 Å². The van der Waals surface area contributed by atoms with Crippen LogP contribution in [0.15, 0.2) is 31.1 Å². The first-order valence-electron chi connectivity index (χ1n) is 2.97. The van der Waals surface area contributed by atoms with E-state index in [1.165, 1.54) is 0 Å². The molecule has 0 N–H and O–H groups in total. The van der Waals surface area contributed by atoms with Crippen LogP contribution in [-0.2, 0) is 0 Å². The van der Waals surface area contributed by atoms with Crippen molar-refractivity contribution in [2.45, 2.75) is 0 Å². The van der Waals surface area contributed by atoms with Crippen LogP contribution in [0.3, 0.4) is 0 Å². The van der Waals surface area contributed by atoms with Crippen molar-refractivity contribution in [1.82, 2.24) is 10.2 Å². The summed E-state index contributed by atoms with van der Waals surface area (Å²) in [5.41, 5.74) is 0. The Morgan fingerprint density at radius 2 is 2.50 bits per heavy atom. The third-order valence-electron chi connectivity index (χ3n) is 1.19. The second-order valence-corrected chi connectivity index (χ2v) is 1.88. The fraction of sp³-hybridized carbons (Fsp3) is 0.143. The smallest absolute Gasteiger partial charge is 0.154 e. The first kappa shape index (κ1) is 6.74. The lowest BCUT2D eigenvalue weighted by atomic mass is 10.5. The van der Waals surface area contributed by atoms with Gasteiger partial charge in [0, 0.05) is 13.2 Å². The minimum absolute atomic E-state index is 0.803. The zero-order chi connectivity index (χ0) is 7.40. The Morgan fingerprint density at radius 3 is 3.00 bits per heavy atom. The van der Waals surface area contributed by atoms with Gasteiger partial charge in [0.15, 0.2) is 5.82 Å². The Balaban J connectivity index is 2.84. The number of nitrogens with zero attached hydrogens (tertiary/aromatic N) is 3. The molecule has 0 amide bonds. The van der Waals surface area contributed by atoms with Crippen LogP contribution < -0.4 is 4.90 Å². The first-order valence-corrected chi connectivity index (χ1v) is 2.97. The van der Waals surface area contributed by atoms with Gasteiger partial charge in [0.05, 0.1) is 0 Å². The molecular formula is C7H9N3. The van der Waals surface area contributed by atoms with Crippen LogP contribution in [0.2, 0.25) is 0 Å². The van der Waals surface area contributed by atoms with Gasteiger partial charge in [0.25, 0.3) is 0 Å². The lowest BCUT2D eigenvalue weighted by Gasteiger charge is -2.09. The summed E-state index contributed by atoms with van der Waals surface area (Å²) in [6.45, 7) is 3.60. The number of rotatable bonds is 2. The zero-order valence-corrected chi connectivity index (χ0v) is 5.86. The number of anilines is 1. The Kier molecular flexibility index (Phi) is 1.99. The maximum Gasteiger partial charge on any atom is 0.154 e. The molecule has 0 aromatic carbocycles. The van der Waals surface area contributed by atoms with E-state index in [2.05, 4.69) is 16.8 Å². The summed E-state index contributed by atoms with van der Waals surface area (Å²) in [6.07, 6.45) is 3.32. The molecule has 0 saturated heterocycles. The molecule has 0 radical (unpaired) electrons. The lowest BCUT2D eigenvalue weighted by molar-refractivity contribution is 0.986. The Morgan fingerprint density at radius 1 is 1.70 bits per heavy atom. The average molecular weight is 135 g/mol. The van der Waals surface area contributed by atoms with Crippen molar-refractivity contribution in [3.63, 3.8) is 0 Å². The third-order valence-corrected chi connectivity index (χ3v) is 1.19. The second-order valence-electron chi connectivity index (χ2n) is 1.88. The molecule has 52 valence electrons. The van der Waals surface area contributed by atoms with E-state index in [1.807, 2.05) is 19.2 Å². The van der Waals surface area contributed by atoms with Crippen molar-refractivity contribution in [2.24, 2.45) is 0 Å². The van der Waals surface area contributed by atoms with Crippen LogP contribution in [0.1, 0.15) is 0 Å². The molecule has 0 aliphatic heterocycles. The summed E-state index contributed by atoms with van der Waals surface area (Å²) < 4.78 is 0. The van der Waals surface area contributed by atoms with Gasteiger partial charge in [-0.3, -0.25) is 0 Å². The van der Waals surface area contributed by atoms with Crippen molar-refractivity contribution in [2.75, 3.05) is 11.9 Å². The molecule has 3 nitrogen and oxygen atoms in total. The summed E-state index contributed by atoms with van der Waals surface area (Å²) in [7, 11) is 1.87. The van der Waals surface area contributed by atoms with Crippen molar-refractivity contribution in [1.29, 1.82) is 0 Å². The molecule has 0 bridgehead atoms. The first-order chi connectivity index (χ1) is 4.84. The highest BCUT2D eigenvalue weighted by molar-refractivity contribution is 5.37. The van der Waals surface area contributed by atoms with Gasteiger partial charge in [-0.25, -0.2) is 0 Å². The molecule has 3 heteroatoms. The number of aromatic nitrogens is 2. The summed E-state index contributed by atoms with van der Waals surface area (Å²) in [5, 5.41) is 7.57. The van der Waals surface area contributed by atoms with Crippen molar-refractivity contribution >= 4 is 5.82 Å². The van der Waals surface area contributed by atoms with Gasteiger partial charge < -0.3 is 4.90 Å². The van der Waals surface area contributed by atoms with E-state index in [4.69, 9.17) is 0 Å². The van der Waals surface area contributed by atoms with E-state index in [-0.39, 0.29) is 0 Å². The Bertz CT molecular complexity index is 207. The second kappa shape index (κ2) is 2.96. The van der Waals surface area contributed by atoms with Gasteiger partial charge in [-0.05, 0) is 18.3 Å². The average Bonchev–Trinajstić information content (AvgIpc) is 2.05. The maximum absolute atomic E-state index is 3.85. The molecule has 0 aliphatic rings. The van der Waals surface area contributed by atoms with Gasteiger partial charge in [0.2, 0.25) is 0 Å². The fourth-order valence-electron chi connectivity index (χ4n) is 0.575. The van der Waals surface area contributed by atoms with Crippen molar-refractivity contribution in [3.05, 3.63) is 31.1 Å². The largest absolute Gasteiger partial charge is 0.335 e. The van der Waals surface area contributed by atoms with Crippen LogP contribution in [0.4, 0.5) is 5.82 Å². The zero-order valence-electron chi connectivity index (χ0n) is 5.86. The van der Waals surface area contributed by atoms with Crippen molar-refractivity contribution in [3.8, 4) is 0 Å². The Hall–Kier alpha value is -1.38. The monoisotopic (exact) mass is 135 g/mol. The summed E-state index contributed by atoms with van der Waals surface area (Å²) >= 11 is 0. The highest BCUT2D eigenvalue weighted by atomic mass is 15.2. The Labute approximate surface area is 60.0 Å². The molecule has 1 heterocycles. The number of hydrogen-bond donors (Lipinski definition) is 0. The van der Waals surface area contributed by atoms with Gasteiger partial charge in [0.1, 0.15) is 0 Å². The van der Waals surface area contributed by atoms with E-state index in [0.717, 1.165) is 5.82 Å². The quantitative estimate of drug-likeness (QED) is 0.607. The van der Waals surface area contributed by atoms with Crippen LogP contribution in [0.25, 0.3) is 0 Å². The molecule has 10 heavy (non-hydrogen) atoms. The van der Waals surface area contributed by atoms with Crippen LogP contribution in [-0.4, -0.2) is 17.2 Å². The standard InChI is InChI=1S/C7H9N3/c1-3-10(2)7-5-4-6-8-9-7/h3-6H,1H2,2H3. The minimum Gasteiger partial charge on any atom is -0.335 e. The van der Waals surface area contributed by atoms with Crippen LogP contribution >= 0.6 is 0 Å². The number of hydrogen-bond acceptors (Lipinski definition) is 3. The molecule has 1 rings (SSSR count). The highest BCUT2D eigenvalue weighted by Gasteiger charge is 1.93. The molecule has 0 saturated carbocycles. The van der Waals surface area contributed by atoms with Gasteiger partial charge in [-0.15, -0.1) is 5.10 Å². The van der Waals surface area contributed by atoms with Gasteiger partial charge in [-0.2, -0.15) is 5.10 Å². The summed E-state index contributed by atoms with van der Waals surface area (Å²) in [5.74, 6) is 0.803. The SMILES string of the molecule is C=CN(C)c1cccnn1. The van der Waals surface area contributed by atoms with Crippen LogP contribution in [0.5, 0.6) is 0 Å².